The molecule has 0 fully saturated rings. The molecular weight excluding hydrogens is 580 g/mol. The van der Waals surface area contributed by atoms with E-state index in [9.17, 15) is 0 Å². The van der Waals surface area contributed by atoms with E-state index in [0.717, 1.165) is 12.8 Å². The van der Waals surface area contributed by atoms with Crippen LogP contribution in [0.5, 0.6) is 0 Å². The number of rotatable bonds is 7. The Kier molecular flexibility index (Phi) is 6.76. The van der Waals surface area contributed by atoms with Crippen LogP contribution in [-0.2, 0) is 36.9 Å². The van der Waals surface area contributed by atoms with Crippen molar-refractivity contribution < 1.29 is 14.6 Å². The Morgan fingerprint density at radius 3 is 1.25 bits per heavy atom. The van der Waals surface area contributed by atoms with Gasteiger partial charge >= 0.3 is 266 Å². The van der Waals surface area contributed by atoms with E-state index in [1.807, 2.05) is 0 Å². The Morgan fingerprint density at radius 2 is 0.818 bits per heavy atom. The number of hydrogen-bond acceptors (Lipinski definition) is 0. The molecule has 2 aliphatic rings. The third kappa shape index (κ3) is 4.07. The molecule has 0 spiro atoms. The molecule has 0 atom stereocenters. The van der Waals surface area contributed by atoms with Crippen LogP contribution in [0.3, 0.4) is 0 Å². The van der Waals surface area contributed by atoms with Crippen LogP contribution in [0.25, 0.3) is 22.3 Å². The summed E-state index contributed by atoms with van der Waals surface area (Å²) in [7, 11) is 0. The van der Waals surface area contributed by atoms with Gasteiger partial charge in [0.25, 0.3) is 0 Å². The molecule has 215 valence electrons. The summed E-state index contributed by atoms with van der Waals surface area (Å²) >= 11 is -4.03. The molecule has 6 aromatic rings. The second kappa shape index (κ2) is 10.7. The standard InChI is InChI=1S/2C13H9.2C7H7.C2H7Si.Ti/c2*1-3-7-12-10(5-1)9-11-6-2-4-8-13(11)12;2*1-7-5-3-2-4-6-7;1-3-2;/h2*1-5,7-8H,9H2;2*2-6H,1H2;3H,1-2H3;. The van der Waals surface area contributed by atoms with E-state index in [-0.39, 0.29) is 0 Å². The van der Waals surface area contributed by atoms with E-state index < -0.39 is 21.2 Å². The van der Waals surface area contributed by atoms with Crippen LogP contribution in [0.15, 0.2) is 146 Å². The zero-order chi connectivity index (χ0) is 29.8. The van der Waals surface area contributed by atoms with Gasteiger partial charge in [0.15, 0.2) is 0 Å². The summed E-state index contributed by atoms with van der Waals surface area (Å²) in [5.74, 6) is 0. The number of hydrogen-bond donors (Lipinski definition) is 0. The molecule has 0 unspecified atom stereocenters. The van der Waals surface area contributed by atoms with Crippen molar-refractivity contribution in [1.29, 1.82) is 0 Å². The average molecular weight is 620 g/mol. The normalized spacial score (nSPS) is 13.9. The zero-order valence-electron chi connectivity index (χ0n) is 25.8. The Balaban J connectivity index is 1.52. The summed E-state index contributed by atoms with van der Waals surface area (Å²) in [6.07, 6.45) is 2.09. The van der Waals surface area contributed by atoms with Crippen molar-refractivity contribution in [1.82, 2.24) is 0 Å². The molecule has 2 heteroatoms. The van der Waals surface area contributed by atoms with Gasteiger partial charge in [0.05, 0.1) is 0 Å². The zero-order valence-corrected chi connectivity index (χ0v) is 28.5. The van der Waals surface area contributed by atoms with Gasteiger partial charge in [0.2, 0.25) is 0 Å². The molecule has 0 nitrogen and oxygen atoms in total. The summed E-state index contributed by atoms with van der Waals surface area (Å²) in [4.78, 5) is 0. The predicted octanol–water partition coefficient (Wildman–Crippen LogP) is 8.85. The van der Waals surface area contributed by atoms with Crippen LogP contribution in [0.1, 0.15) is 33.4 Å². The van der Waals surface area contributed by atoms with Gasteiger partial charge in [-0.2, -0.15) is 0 Å². The van der Waals surface area contributed by atoms with Gasteiger partial charge in [0, 0.05) is 0 Å². The van der Waals surface area contributed by atoms with Crippen molar-refractivity contribution in [2.75, 3.05) is 0 Å². The molecule has 0 N–H and O–H groups in total. The summed E-state index contributed by atoms with van der Waals surface area (Å²) in [5.41, 5.74) is 15.0. The van der Waals surface area contributed by atoms with Crippen molar-refractivity contribution in [2.45, 2.75) is 35.4 Å². The van der Waals surface area contributed by atoms with E-state index in [4.69, 9.17) is 0 Å². The predicted molar refractivity (Wildman–Crippen MR) is 188 cm³/mol. The molecule has 44 heavy (non-hydrogen) atoms. The first-order valence-corrected chi connectivity index (χ1v) is 25.6. The molecule has 2 aliphatic carbocycles. The average Bonchev–Trinajstić information content (AvgIpc) is 3.64. The van der Waals surface area contributed by atoms with Crippen molar-refractivity contribution in [3.8, 4) is 22.3 Å². The Labute approximate surface area is 264 Å². The molecule has 0 saturated carbocycles. The van der Waals surface area contributed by atoms with E-state index in [2.05, 4.69) is 159 Å². The van der Waals surface area contributed by atoms with Crippen LogP contribution in [0.2, 0.25) is 13.1 Å². The maximum atomic E-state index is 2.71. The van der Waals surface area contributed by atoms with Crippen LogP contribution >= 0.6 is 0 Å². The maximum absolute atomic E-state index is 4.03. The number of benzene rings is 6. The molecule has 6 aromatic carbocycles. The third-order valence-corrected chi connectivity index (χ3v) is 40.9. The first kappa shape index (κ1) is 27.8. The molecule has 0 amide bonds. The summed E-state index contributed by atoms with van der Waals surface area (Å²) in [5, 5.41) is 0. The van der Waals surface area contributed by atoms with Gasteiger partial charge < -0.3 is 0 Å². The van der Waals surface area contributed by atoms with Gasteiger partial charge in [-0.25, -0.2) is 0 Å². The molecule has 0 bridgehead atoms. The SMILES string of the molecule is C[SiH](C)[Ti]([CH2]c1ccccc1)([CH2]c1ccccc1)([c]1cccc2c1Cc1ccccc1-2)[c]1cccc2c1Cc1ccccc1-2. The summed E-state index contributed by atoms with van der Waals surface area (Å²) < 4.78 is 5.84. The molecule has 0 aliphatic heterocycles. The minimum absolute atomic E-state index is 1.04. The minimum atomic E-state index is -4.03. The van der Waals surface area contributed by atoms with E-state index in [1.165, 1.54) is 54.0 Å². The quantitative estimate of drug-likeness (QED) is 0.156. The second-order valence-electron chi connectivity index (χ2n) is 13.6. The van der Waals surface area contributed by atoms with Crippen molar-refractivity contribution in [2.24, 2.45) is 0 Å². The fourth-order valence-corrected chi connectivity index (χ4v) is 35.2. The van der Waals surface area contributed by atoms with Crippen molar-refractivity contribution in [3.05, 3.63) is 179 Å². The van der Waals surface area contributed by atoms with Crippen LogP contribution in [-0.4, -0.2) is 6.66 Å². The van der Waals surface area contributed by atoms with Crippen LogP contribution in [0.4, 0.5) is 0 Å². The molecule has 0 aromatic heterocycles. The van der Waals surface area contributed by atoms with E-state index in [1.54, 1.807) is 18.9 Å². The van der Waals surface area contributed by atoms with Gasteiger partial charge in [0.1, 0.15) is 0 Å². The van der Waals surface area contributed by atoms with Crippen LogP contribution in [0, 0.1) is 0 Å². The first-order chi connectivity index (χ1) is 21.6. The monoisotopic (exact) mass is 619 g/mol. The van der Waals surface area contributed by atoms with Crippen LogP contribution < -0.4 is 7.74 Å². The molecule has 0 saturated heterocycles. The Bertz CT molecular complexity index is 1870. The summed E-state index contributed by atoms with van der Waals surface area (Å²) in [6, 6.07) is 56.2. The first-order valence-electron chi connectivity index (χ1n) is 16.2. The summed E-state index contributed by atoms with van der Waals surface area (Å²) in [6.45, 7) is 4.01. The topological polar surface area (TPSA) is 0 Å². The van der Waals surface area contributed by atoms with Gasteiger partial charge in [-0.1, -0.05) is 0 Å². The van der Waals surface area contributed by atoms with Crippen molar-refractivity contribution in [3.63, 3.8) is 0 Å². The molecule has 0 heterocycles. The second-order valence-corrected chi connectivity index (χ2v) is 35.4. The number of fused-ring (bicyclic) bond motifs is 6. The fourth-order valence-electron chi connectivity index (χ4n) is 9.22. The third-order valence-electron chi connectivity index (χ3n) is 11.3. The molecular formula is C42H39SiTi. The molecule has 0 radical (unpaired) electrons. The van der Waals surface area contributed by atoms with E-state index >= 15 is 0 Å². The Morgan fingerprint density at radius 1 is 0.432 bits per heavy atom. The van der Waals surface area contributed by atoms with Gasteiger partial charge in [-0.3, -0.25) is 0 Å². The fraction of sp³-hybridized carbons (Fsp3) is 0.143. The van der Waals surface area contributed by atoms with Gasteiger partial charge in [-0.15, -0.1) is 0 Å². The van der Waals surface area contributed by atoms with Crippen molar-refractivity contribution >= 4 is 14.4 Å². The molecule has 8 rings (SSSR count). The van der Waals surface area contributed by atoms with E-state index in [0.29, 0.717) is 0 Å². The Hall–Kier alpha value is -3.75. The van der Waals surface area contributed by atoms with Gasteiger partial charge in [-0.05, 0) is 0 Å².